The molecule has 0 bridgehead atoms. The largest absolute Gasteiger partial charge is 0.497 e. The van der Waals surface area contributed by atoms with E-state index in [9.17, 15) is 4.79 Å². The minimum Gasteiger partial charge on any atom is -0.497 e. The van der Waals surface area contributed by atoms with E-state index in [0.29, 0.717) is 12.6 Å². The zero-order valence-corrected chi connectivity index (χ0v) is 12.2. The summed E-state index contributed by atoms with van der Waals surface area (Å²) in [6, 6.07) is 7.98. The van der Waals surface area contributed by atoms with Crippen molar-refractivity contribution in [2.24, 2.45) is 0 Å². The highest BCUT2D eigenvalue weighted by molar-refractivity contribution is 5.92. The zero-order chi connectivity index (χ0) is 14.4. The molecule has 0 radical (unpaired) electrons. The summed E-state index contributed by atoms with van der Waals surface area (Å²) in [6.45, 7) is 2.41. The second kappa shape index (κ2) is 7.26. The number of anilines is 1. The Morgan fingerprint density at radius 1 is 1.30 bits per heavy atom. The van der Waals surface area contributed by atoms with Crippen molar-refractivity contribution in [1.29, 1.82) is 0 Å². The number of rotatable bonds is 5. The standard InChI is InChI=1S/C15H23N3O2/c1-16-12-7-9-18(10-8-12)11-15(19)17-13-3-5-14(20-2)6-4-13/h3-6,12,16H,7-11H2,1-2H3,(H,17,19). The van der Waals surface area contributed by atoms with Gasteiger partial charge in [-0.25, -0.2) is 0 Å². The third kappa shape index (κ3) is 4.21. The Labute approximate surface area is 120 Å². The van der Waals surface area contributed by atoms with E-state index >= 15 is 0 Å². The van der Waals surface area contributed by atoms with Gasteiger partial charge in [0.2, 0.25) is 5.91 Å². The fraction of sp³-hybridized carbons (Fsp3) is 0.533. The maximum Gasteiger partial charge on any atom is 0.238 e. The lowest BCUT2D eigenvalue weighted by Gasteiger charge is -2.31. The number of amides is 1. The van der Waals surface area contributed by atoms with Gasteiger partial charge < -0.3 is 15.4 Å². The Morgan fingerprint density at radius 3 is 2.50 bits per heavy atom. The molecule has 0 atom stereocenters. The third-order valence-corrected chi connectivity index (χ3v) is 3.74. The summed E-state index contributed by atoms with van der Waals surface area (Å²) in [4.78, 5) is 14.2. The second-order valence-electron chi connectivity index (χ2n) is 5.12. The van der Waals surface area contributed by atoms with Gasteiger partial charge >= 0.3 is 0 Å². The molecule has 5 nitrogen and oxygen atoms in total. The van der Waals surface area contributed by atoms with Gasteiger partial charge in [-0.3, -0.25) is 9.69 Å². The van der Waals surface area contributed by atoms with Crippen LogP contribution in [-0.2, 0) is 4.79 Å². The van der Waals surface area contributed by atoms with E-state index in [1.165, 1.54) is 0 Å². The molecule has 1 aromatic carbocycles. The fourth-order valence-electron chi connectivity index (χ4n) is 2.46. The lowest BCUT2D eigenvalue weighted by molar-refractivity contribution is -0.117. The molecule has 1 saturated heterocycles. The van der Waals surface area contributed by atoms with Crippen LogP contribution in [0.2, 0.25) is 0 Å². The zero-order valence-electron chi connectivity index (χ0n) is 12.2. The number of likely N-dealkylation sites (tertiary alicyclic amines) is 1. The minimum atomic E-state index is 0.0399. The van der Waals surface area contributed by atoms with Crippen LogP contribution >= 0.6 is 0 Å². The maximum atomic E-state index is 12.0. The van der Waals surface area contributed by atoms with Crippen LogP contribution in [0, 0.1) is 0 Å². The molecule has 2 N–H and O–H groups in total. The first-order valence-electron chi connectivity index (χ1n) is 7.05. The third-order valence-electron chi connectivity index (χ3n) is 3.74. The van der Waals surface area contributed by atoms with Crippen molar-refractivity contribution >= 4 is 11.6 Å². The number of nitrogens with zero attached hydrogens (tertiary/aromatic N) is 1. The number of methoxy groups -OCH3 is 1. The Morgan fingerprint density at radius 2 is 1.95 bits per heavy atom. The first-order chi connectivity index (χ1) is 9.71. The predicted molar refractivity (Wildman–Crippen MR) is 80.1 cm³/mol. The molecule has 2 rings (SSSR count). The van der Waals surface area contributed by atoms with E-state index < -0.39 is 0 Å². The van der Waals surface area contributed by atoms with E-state index in [1.807, 2.05) is 31.3 Å². The number of carbonyl (C=O) groups is 1. The molecule has 110 valence electrons. The highest BCUT2D eigenvalue weighted by Gasteiger charge is 2.19. The van der Waals surface area contributed by atoms with Gasteiger partial charge in [-0.05, 0) is 44.2 Å². The van der Waals surface area contributed by atoms with Gasteiger partial charge in [0, 0.05) is 24.8 Å². The first-order valence-corrected chi connectivity index (χ1v) is 7.05. The van der Waals surface area contributed by atoms with Crippen molar-refractivity contribution < 1.29 is 9.53 Å². The summed E-state index contributed by atoms with van der Waals surface area (Å²) in [5.41, 5.74) is 0.806. The average Bonchev–Trinajstić information content (AvgIpc) is 2.49. The Bertz CT molecular complexity index is 425. The summed E-state index contributed by atoms with van der Waals surface area (Å²) in [7, 11) is 3.62. The van der Waals surface area contributed by atoms with Crippen molar-refractivity contribution in [3.63, 3.8) is 0 Å². The smallest absolute Gasteiger partial charge is 0.238 e. The van der Waals surface area contributed by atoms with Gasteiger partial charge in [0.25, 0.3) is 0 Å². The molecule has 1 aromatic rings. The van der Waals surface area contributed by atoms with Crippen LogP contribution in [0.25, 0.3) is 0 Å². The van der Waals surface area contributed by atoms with Gasteiger partial charge in [-0.15, -0.1) is 0 Å². The van der Waals surface area contributed by atoms with Gasteiger partial charge in [0.1, 0.15) is 5.75 Å². The van der Waals surface area contributed by atoms with Crippen LogP contribution in [-0.4, -0.2) is 50.6 Å². The van der Waals surface area contributed by atoms with Crippen LogP contribution in [0.1, 0.15) is 12.8 Å². The molecular formula is C15H23N3O2. The van der Waals surface area contributed by atoms with Crippen LogP contribution in [0.3, 0.4) is 0 Å². The van der Waals surface area contributed by atoms with E-state index in [0.717, 1.165) is 37.4 Å². The van der Waals surface area contributed by atoms with Crippen molar-refractivity contribution in [1.82, 2.24) is 10.2 Å². The molecule has 0 spiro atoms. The summed E-state index contributed by atoms with van der Waals surface area (Å²) >= 11 is 0. The van der Waals surface area contributed by atoms with E-state index in [4.69, 9.17) is 4.74 Å². The molecule has 1 aliphatic heterocycles. The Balaban J connectivity index is 1.77. The van der Waals surface area contributed by atoms with Crippen LogP contribution in [0.15, 0.2) is 24.3 Å². The molecule has 0 aliphatic carbocycles. The van der Waals surface area contributed by atoms with Crippen molar-refractivity contribution in [2.45, 2.75) is 18.9 Å². The van der Waals surface area contributed by atoms with E-state index in [-0.39, 0.29) is 5.91 Å². The van der Waals surface area contributed by atoms with Crippen molar-refractivity contribution in [3.8, 4) is 5.75 Å². The number of carbonyl (C=O) groups excluding carboxylic acids is 1. The van der Waals surface area contributed by atoms with Gasteiger partial charge in [-0.1, -0.05) is 0 Å². The molecule has 1 fully saturated rings. The van der Waals surface area contributed by atoms with Crippen LogP contribution in [0.4, 0.5) is 5.69 Å². The first kappa shape index (κ1) is 14.8. The molecule has 5 heteroatoms. The number of benzene rings is 1. The summed E-state index contributed by atoms with van der Waals surface area (Å²) < 4.78 is 5.09. The molecule has 1 heterocycles. The van der Waals surface area contributed by atoms with E-state index in [1.54, 1.807) is 7.11 Å². The number of piperidine rings is 1. The number of hydrogen-bond donors (Lipinski definition) is 2. The van der Waals surface area contributed by atoms with Gasteiger partial charge in [0.05, 0.1) is 13.7 Å². The number of nitrogens with one attached hydrogen (secondary N) is 2. The molecule has 20 heavy (non-hydrogen) atoms. The quantitative estimate of drug-likeness (QED) is 0.852. The predicted octanol–water partition coefficient (Wildman–Crippen LogP) is 1.32. The Kier molecular flexibility index (Phi) is 5.38. The highest BCUT2D eigenvalue weighted by Crippen LogP contribution is 2.15. The number of ether oxygens (including phenoxy) is 1. The SMILES string of the molecule is CNC1CCN(CC(=O)Nc2ccc(OC)cc2)CC1. The average molecular weight is 277 g/mol. The molecule has 0 unspecified atom stereocenters. The molecule has 1 aliphatic rings. The number of hydrogen-bond acceptors (Lipinski definition) is 4. The normalized spacial score (nSPS) is 16.9. The molecule has 0 aromatic heterocycles. The van der Waals surface area contributed by atoms with Crippen molar-refractivity contribution in [3.05, 3.63) is 24.3 Å². The van der Waals surface area contributed by atoms with Crippen molar-refractivity contribution in [2.75, 3.05) is 39.1 Å². The lowest BCUT2D eigenvalue weighted by atomic mass is 10.1. The van der Waals surface area contributed by atoms with Crippen LogP contribution < -0.4 is 15.4 Å². The lowest BCUT2D eigenvalue weighted by Crippen LogP contribution is -2.44. The summed E-state index contributed by atoms with van der Waals surface area (Å²) in [5.74, 6) is 0.829. The maximum absolute atomic E-state index is 12.0. The second-order valence-corrected chi connectivity index (χ2v) is 5.12. The van der Waals surface area contributed by atoms with Crippen LogP contribution in [0.5, 0.6) is 5.75 Å². The fourth-order valence-corrected chi connectivity index (χ4v) is 2.46. The van der Waals surface area contributed by atoms with Gasteiger partial charge in [0.15, 0.2) is 0 Å². The monoisotopic (exact) mass is 277 g/mol. The highest BCUT2D eigenvalue weighted by atomic mass is 16.5. The molecule has 0 saturated carbocycles. The topological polar surface area (TPSA) is 53.6 Å². The summed E-state index contributed by atoms with van der Waals surface area (Å²) in [6.07, 6.45) is 2.21. The minimum absolute atomic E-state index is 0.0399. The Hall–Kier alpha value is -1.59. The van der Waals surface area contributed by atoms with E-state index in [2.05, 4.69) is 15.5 Å². The molecule has 1 amide bonds. The molecular weight excluding hydrogens is 254 g/mol. The van der Waals surface area contributed by atoms with Gasteiger partial charge in [-0.2, -0.15) is 0 Å². The summed E-state index contributed by atoms with van der Waals surface area (Å²) in [5, 5.41) is 6.20.